The van der Waals surface area contributed by atoms with Crippen LogP contribution < -0.4 is 5.73 Å². The van der Waals surface area contributed by atoms with Gasteiger partial charge in [0.15, 0.2) is 0 Å². The van der Waals surface area contributed by atoms with Crippen LogP contribution >= 0.6 is 0 Å². The number of carbonyl (C=O) groups excluding carboxylic acids is 1. The highest BCUT2D eigenvalue weighted by Gasteiger charge is 2.27. The SMILES string of the molecule is CC(C)(C)OC(=O)C(N)c1ccc([N+](=O)[O-])c(C(=O)O)c1. The molecule has 8 nitrogen and oxygen atoms in total. The van der Waals surface area contributed by atoms with Gasteiger partial charge in [-0.15, -0.1) is 0 Å². The van der Waals surface area contributed by atoms with Gasteiger partial charge in [0.05, 0.1) is 4.92 Å². The second kappa shape index (κ2) is 5.88. The van der Waals surface area contributed by atoms with Crippen molar-refractivity contribution in [2.45, 2.75) is 32.4 Å². The van der Waals surface area contributed by atoms with Crippen molar-refractivity contribution in [1.29, 1.82) is 0 Å². The van der Waals surface area contributed by atoms with Gasteiger partial charge in [0.25, 0.3) is 5.69 Å². The summed E-state index contributed by atoms with van der Waals surface area (Å²) >= 11 is 0. The van der Waals surface area contributed by atoms with E-state index in [-0.39, 0.29) is 5.56 Å². The molecule has 1 aromatic rings. The fourth-order valence-corrected chi connectivity index (χ4v) is 1.58. The van der Waals surface area contributed by atoms with E-state index in [1.54, 1.807) is 20.8 Å². The molecule has 114 valence electrons. The number of carboxylic acid groups (broad SMARTS) is 1. The van der Waals surface area contributed by atoms with Gasteiger partial charge < -0.3 is 15.6 Å². The van der Waals surface area contributed by atoms with Crippen LogP contribution in [-0.4, -0.2) is 27.6 Å². The van der Waals surface area contributed by atoms with Gasteiger partial charge in [-0.1, -0.05) is 0 Å². The molecule has 0 aliphatic heterocycles. The molecule has 8 heteroatoms. The summed E-state index contributed by atoms with van der Waals surface area (Å²) in [6.07, 6.45) is 0. The van der Waals surface area contributed by atoms with E-state index in [4.69, 9.17) is 15.6 Å². The van der Waals surface area contributed by atoms with Gasteiger partial charge in [0.1, 0.15) is 17.2 Å². The number of carbonyl (C=O) groups is 2. The van der Waals surface area contributed by atoms with E-state index >= 15 is 0 Å². The molecule has 1 atom stereocenters. The fraction of sp³-hybridized carbons (Fsp3) is 0.385. The van der Waals surface area contributed by atoms with Gasteiger partial charge in [0.2, 0.25) is 0 Å². The summed E-state index contributed by atoms with van der Waals surface area (Å²) in [6.45, 7) is 4.99. The molecule has 0 saturated carbocycles. The number of hydrogen-bond donors (Lipinski definition) is 2. The van der Waals surface area contributed by atoms with Crippen LogP contribution in [0, 0.1) is 10.1 Å². The largest absolute Gasteiger partial charge is 0.477 e. The third-order valence-electron chi connectivity index (χ3n) is 2.47. The topological polar surface area (TPSA) is 133 Å². The number of ether oxygens (including phenoxy) is 1. The zero-order chi connectivity index (χ0) is 16.4. The smallest absolute Gasteiger partial charge is 0.342 e. The Morgan fingerprint density at radius 2 is 1.95 bits per heavy atom. The van der Waals surface area contributed by atoms with Gasteiger partial charge in [-0.25, -0.2) is 9.59 Å². The van der Waals surface area contributed by atoms with Crippen LogP contribution in [0.15, 0.2) is 18.2 Å². The molecular formula is C13H16N2O6. The molecule has 0 spiro atoms. The number of aromatic carboxylic acids is 1. The van der Waals surface area contributed by atoms with Crippen molar-refractivity contribution in [3.63, 3.8) is 0 Å². The van der Waals surface area contributed by atoms with Crippen LogP contribution in [0.3, 0.4) is 0 Å². The van der Waals surface area contributed by atoms with E-state index in [1.807, 2.05) is 0 Å². The van der Waals surface area contributed by atoms with Crippen molar-refractivity contribution in [3.05, 3.63) is 39.4 Å². The van der Waals surface area contributed by atoms with Gasteiger partial charge >= 0.3 is 11.9 Å². The van der Waals surface area contributed by atoms with E-state index in [2.05, 4.69) is 0 Å². The Kier molecular flexibility index (Phi) is 4.64. The lowest BCUT2D eigenvalue weighted by molar-refractivity contribution is -0.385. The second-order valence-electron chi connectivity index (χ2n) is 5.35. The molecule has 1 unspecified atom stereocenters. The molecule has 0 fully saturated rings. The number of nitrogens with two attached hydrogens (primary N) is 1. The summed E-state index contributed by atoms with van der Waals surface area (Å²) in [5, 5.41) is 19.7. The maximum Gasteiger partial charge on any atom is 0.342 e. The molecule has 0 radical (unpaired) electrons. The first-order valence-corrected chi connectivity index (χ1v) is 6.03. The minimum atomic E-state index is -1.47. The van der Waals surface area contributed by atoms with Crippen molar-refractivity contribution in [2.75, 3.05) is 0 Å². The molecule has 3 N–H and O–H groups in total. The van der Waals surface area contributed by atoms with Crippen LogP contribution in [0.4, 0.5) is 5.69 Å². The zero-order valence-corrected chi connectivity index (χ0v) is 11.8. The average Bonchev–Trinajstić information content (AvgIpc) is 2.34. The Morgan fingerprint density at radius 1 is 1.38 bits per heavy atom. The Labute approximate surface area is 120 Å². The highest BCUT2D eigenvalue weighted by molar-refractivity contribution is 5.93. The molecule has 1 rings (SSSR count). The van der Waals surface area contributed by atoms with E-state index in [1.165, 1.54) is 6.07 Å². The maximum atomic E-state index is 11.8. The number of nitro groups is 1. The van der Waals surface area contributed by atoms with Crippen LogP contribution in [0.5, 0.6) is 0 Å². The molecule has 21 heavy (non-hydrogen) atoms. The lowest BCUT2D eigenvalue weighted by Crippen LogP contribution is -2.31. The summed E-state index contributed by atoms with van der Waals surface area (Å²) in [5.41, 5.74) is 3.99. The van der Waals surface area contributed by atoms with Crippen molar-refractivity contribution >= 4 is 17.6 Å². The molecule has 0 aromatic heterocycles. The molecular weight excluding hydrogens is 280 g/mol. The summed E-state index contributed by atoms with van der Waals surface area (Å²) in [5.74, 6) is -2.22. The van der Waals surface area contributed by atoms with E-state index in [9.17, 15) is 19.7 Å². The van der Waals surface area contributed by atoms with Crippen LogP contribution in [0.25, 0.3) is 0 Å². The average molecular weight is 296 g/mol. The highest BCUT2D eigenvalue weighted by Crippen LogP contribution is 2.24. The van der Waals surface area contributed by atoms with Crippen LogP contribution in [-0.2, 0) is 9.53 Å². The number of nitrogens with zero attached hydrogens (tertiary/aromatic N) is 1. The fourth-order valence-electron chi connectivity index (χ4n) is 1.58. The summed E-state index contributed by atoms with van der Waals surface area (Å²) < 4.78 is 5.09. The number of benzene rings is 1. The number of nitro benzene ring substituents is 1. The Hall–Kier alpha value is -2.48. The second-order valence-corrected chi connectivity index (χ2v) is 5.35. The molecule has 0 amide bonds. The van der Waals surface area contributed by atoms with Gasteiger partial charge in [-0.05, 0) is 38.5 Å². The summed E-state index contributed by atoms with van der Waals surface area (Å²) in [4.78, 5) is 32.8. The summed E-state index contributed by atoms with van der Waals surface area (Å²) in [7, 11) is 0. The van der Waals surface area contributed by atoms with Gasteiger partial charge in [0, 0.05) is 6.07 Å². The third kappa shape index (κ3) is 4.25. The van der Waals surface area contributed by atoms with Crippen LogP contribution in [0.1, 0.15) is 42.7 Å². The Morgan fingerprint density at radius 3 is 2.38 bits per heavy atom. The van der Waals surface area contributed by atoms with Crippen molar-refractivity contribution in [1.82, 2.24) is 0 Å². The molecule has 0 bridgehead atoms. The molecule has 0 aliphatic carbocycles. The first-order valence-electron chi connectivity index (χ1n) is 6.03. The minimum absolute atomic E-state index is 0.132. The van der Waals surface area contributed by atoms with Gasteiger partial charge in [-0.3, -0.25) is 10.1 Å². The molecule has 0 aliphatic rings. The quantitative estimate of drug-likeness (QED) is 0.490. The Balaban J connectivity index is 3.15. The normalized spacial score (nSPS) is 12.6. The Bertz CT molecular complexity index is 591. The first-order chi connectivity index (χ1) is 9.53. The number of carboxylic acids is 1. The van der Waals surface area contributed by atoms with Crippen molar-refractivity contribution in [2.24, 2.45) is 5.73 Å². The highest BCUT2D eigenvalue weighted by atomic mass is 16.6. The predicted molar refractivity (Wildman–Crippen MR) is 72.8 cm³/mol. The maximum absolute atomic E-state index is 11.8. The first kappa shape index (κ1) is 16.6. The van der Waals surface area contributed by atoms with Gasteiger partial charge in [-0.2, -0.15) is 0 Å². The van der Waals surface area contributed by atoms with Crippen molar-refractivity contribution in [3.8, 4) is 0 Å². The number of esters is 1. The lowest BCUT2D eigenvalue weighted by atomic mass is 10.0. The van der Waals surface area contributed by atoms with Crippen molar-refractivity contribution < 1.29 is 24.4 Å². The monoisotopic (exact) mass is 296 g/mol. The molecule has 0 heterocycles. The van der Waals surface area contributed by atoms with E-state index in [0.29, 0.717) is 0 Å². The predicted octanol–water partition coefficient (Wildman–Crippen LogP) is 1.63. The zero-order valence-electron chi connectivity index (χ0n) is 11.8. The molecule has 1 aromatic carbocycles. The van der Waals surface area contributed by atoms with E-state index in [0.717, 1.165) is 12.1 Å². The van der Waals surface area contributed by atoms with Crippen LogP contribution in [0.2, 0.25) is 0 Å². The number of rotatable bonds is 4. The standard InChI is InChI=1S/C13H16N2O6/c1-13(2,3)21-12(18)10(14)7-4-5-9(15(19)20)8(6-7)11(16)17/h4-6,10H,14H2,1-3H3,(H,16,17). The lowest BCUT2D eigenvalue weighted by Gasteiger charge is -2.22. The molecule has 0 saturated heterocycles. The number of hydrogen-bond acceptors (Lipinski definition) is 6. The minimum Gasteiger partial charge on any atom is -0.477 e. The van der Waals surface area contributed by atoms with E-state index < -0.39 is 39.8 Å². The summed E-state index contributed by atoms with van der Waals surface area (Å²) in [6, 6.07) is 2.03. The third-order valence-corrected chi connectivity index (χ3v) is 2.47.